The number of fused-ring (bicyclic) bond motifs is 4. The molecule has 4 heteroatoms. The van der Waals surface area contributed by atoms with E-state index in [-0.39, 0.29) is 0 Å². The van der Waals surface area contributed by atoms with Gasteiger partial charge in [0.1, 0.15) is 17.2 Å². The largest absolute Gasteiger partial charge is 0.455 e. The minimum absolute atomic E-state index is 0.545. The first kappa shape index (κ1) is 21.0. The van der Waals surface area contributed by atoms with Gasteiger partial charge < -0.3 is 4.74 Å². The molecule has 1 unspecified atom stereocenters. The molecule has 0 N–H and O–H groups in total. The Kier molecular flexibility index (Phi) is 3.84. The number of rotatable bonds is 2. The highest BCUT2D eigenvalue weighted by molar-refractivity contribution is 5.91. The molecule has 39 heavy (non-hydrogen) atoms. The normalized spacial score (nSPS) is 16.8. The zero-order chi connectivity index (χ0) is 25.9. The van der Waals surface area contributed by atoms with Crippen molar-refractivity contribution in [3.05, 3.63) is 138 Å². The van der Waals surface area contributed by atoms with Crippen LogP contribution in [0.25, 0.3) is 39.2 Å². The van der Waals surface area contributed by atoms with Crippen molar-refractivity contribution in [3.8, 4) is 50.7 Å². The molecule has 0 fully saturated rings. The first-order valence-electron chi connectivity index (χ1n) is 13.5. The van der Waals surface area contributed by atoms with Gasteiger partial charge in [-0.1, -0.05) is 48.5 Å². The third-order valence-electron chi connectivity index (χ3n) is 8.73. The van der Waals surface area contributed by atoms with Crippen molar-refractivity contribution in [1.29, 1.82) is 0 Å². The van der Waals surface area contributed by atoms with Gasteiger partial charge in [-0.05, 0) is 82.2 Å². The summed E-state index contributed by atoms with van der Waals surface area (Å²) in [6.07, 6.45) is 6.56. The smallest absolute Gasteiger partial charge is 0.447 e. The second-order valence-corrected chi connectivity index (χ2v) is 10.8. The number of pyridine rings is 1. The van der Waals surface area contributed by atoms with Crippen LogP contribution in [0.2, 0.25) is 0 Å². The van der Waals surface area contributed by atoms with Crippen LogP contribution in [0.15, 0.2) is 116 Å². The number of hydrogen-bond donors (Lipinski definition) is 0. The van der Waals surface area contributed by atoms with Crippen LogP contribution in [0.5, 0.6) is 11.5 Å². The number of ether oxygens (including phenoxy) is 1. The fourth-order valence-corrected chi connectivity index (χ4v) is 7.38. The molecule has 0 aliphatic carbocycles. The van der Waals surface area contributed by atoms with Gasteiger partial charge in [0.15, 0.2) is 17.3 Å². The van der Waals surface area contributed by atoms with Crippen molar-refractivity contribution >= 4 is 0 Å². The molecule has 9 rings (SSSR count). The predicted octanol–water partition coefficient (Wildman–Crippen LogP) is 6.70. The van der Waals surface area contributed by atoms with Crippen LogP contribution >= 0.6 is 0 Å². The minimum Gasteiger partial charge on any atom is -0.455 e. The number of aryl methyl sites for hydroxylation is 2. The van der Waals surface area contributed by atoms with E-state index in [1.54, 1.807) is 0 Å². The maximum absolute atomic E-state index is 6.67. The van der Waals surface area contributed by atoms with Gasteiger partial charge in [-0.15, -0.1) is 9.25 Å². The number of benzene rings is 4. The van der Waals surface area contributed by atoms with Crippen molar-refractivity contribution < 1.29 is 14.0 Å². The third kappa shape index (κ3) is 2.41. The lowest BCUT2D eigenvalue weighted by Crippen LogP contribution is -2.73. The van der Waals surface area contributed by atoms with Crippen molar-refractivity contribution in [2.75, 3.05) is 0 Å². The van der Waals surface area contributed by atoms with Crippen molar-refractivity contribution in [2.24, 2.45) is 0 Å². The SMILES string of the molecule is Cc1cc(-c2ccccc2)cc(C)c1-c1ccc2c3c1-c1cccc[n+]1C31c3c(cccc3-n3ccc[n+]31)O2. The Bertz CT molecular complexity index is 2000. The Balaban J connectivity index is 1.39. The van der Waals surface area contributed by atoms with Gasteiger partial charge in [0, 0.05) is 18.2 Å². The van der Waals surface area contributed by atoms with Gasteiger partial charge in [0.05, 0.1) is 11.8 Å². The van der Waals surface area contributed by atoms with Gasteiger partial charge in [-0.2, -0.15) is 0 Å². The van der Waals surface area contributed by atoms with E-state index in [1.807, 2.05) is 0 Å². The Morgan fingerprint density at radius 3 is 2.31 bits per heavy atom. The van der Waals surface area contributed by atoms with Crippen LogP contribution in [-0.4, -0.2) is 4.68 Å². The quantitative estimate of drug-likeness (QED) is 0.241. The Hall–Kier alpha value is -4.96. The summed E-state index contributed by atoms with van der Waals surface area (Å²) in [5, 5.41) is 0. The van der Waals surface area contributed by atoms with Crippen LogP contribution < -0.4 is 14.0 Å². The summed E-state index contributed by atoms with van der Waals surface area (Å²) in [6, 6.07) is 34.8. The van der Waals surface area contributed by atoms with Gasteiger partial charge in [0.2, 0.25) is 11.9 Å². The molecule has 5 heterocycles. The van der Waals surface area contributed by atoms with E-state index in [2.05, 4.69) is 143 Å². The summed E-state index contributed by atoms with van der Waals surface area (Å²) < 4.78 is 13.7. The lowest BCUT2D eigenvalue weighted by Gasteiger charge is -2.24. The molecule has 2 aromatic heterocycles. The van der Waals surface area contributed by atoms with E-state index in [0.717, 1.165) is 17.2 Å². The lowest BCUT2D eigenvalue weighted by atomic mass is 9.82. The molecule has 0 saturated heterocycles. The molecule has 0 amide bonds. The average Bonchev–Trinajstić information content (AvgIpc) is 3.64. The number of hydrogen-bond acceptors (Lipinski definition) is 1. The summed E-state index contributed by atoms with van der Waals surface area (Å²) in [7, 11) is 0. The van der Waals surface area contributed by atoms with Crippen LogP contribution in [0.4, 0.5) is 0 Å². The van der Waals surface area contributed by atoms with E-state index in [4.69, 9.17) is 4.74 Å². The van der Waals surface area contributed by atoms with Crippen molar-refractivity contribution in [2.45, 2.75) is 19.5 Å². The first-order valence-corrected chi connectivity index (χ1v) is 13.5. The van der Waals surface area contributed by atoms with Crippen LogP contribution in [-0.2, 0) is 5.66 Å². The van der Waals surface area contributed by atoms with Crippen LogP contribution in [0.3, 0.4) is 0 Å². The van der Waals surface area contributed by atoms with E-state index < -0.39 is 5.66 Å². The molecule has 0 saturated carbocycles. The highest BCUT2D eigenvalue weighted by Crippen LogP contribution is 2.57. The Morgan fingerprint density at radius 2 is 1.46 bits per heavy atom. The molecular weight excluding hydrogens is 478 g/mol. The predicted molar refractivity (Wildman–Crippen MR) is 150 cm³/mol. The highest BCUT2D eigenvalue weighted by Gasteiger charge is 2.72. The average molecular weight is 504 g/mol. The Morgan fingerprint density at radius 1 is 0.667 bits per heavy atom. The summed E-state index contributed by atoms with van der Waals surface area (Å²) in [6.45, 7) is 4.48. The molecule has 3 aliphatic rings. The number of nitrogens with zero attached hydrogens (tertiary/aromatic N) is 3. The van der Waals surface area contributed by atoms with Gasteiger partial charge in [-0.3, -0.25) is 0 Å². The summed E-state index contributed by atoms with van der Waals surface area (Å²) in [5.74, 6) is 1.83. The van der Waals surface area contributed by atoms with Crippen LogP contribution in [0.1, 0.15) is 22.3 Å². The van der Waals surface area contributed by atoms with Crippen LogP contribution in [0, 0.1) is 13.8 Å². The van der Waals surface area contributed by atoms with E-state index in [9.17, 15) is 0 Å². The van der Waals surface area contributed by atoms with Gasteiger partial charge in [0.25, 0.3) is 0 Å². The maximum atomic E-state index is 6.67. The summed E-state index contributed by atoms with van der Waals surface area (Å²) >= 11 is 0. The molecule has 0 bridgehead atoms. The zero-order valence-corrected chi connectivity index (χ0v) is 21.7. The first-order chi connectivity index (χ1) is 19.2. The third-order valence-corrected chi connectivity index (χ3v) is 8.73. The Labute approximate surface area is 226 Å². The fourth-order valence-electron chi connectivity index (χ4n) is 7.38. The molecule has 4 aromatic carbocycles. The second kappa shape index (κ2) is 7.12. The molecule has 0 radical (unpaired) electrons. The van der Waals surface area contributed by atoms with Crippen molar-refractivity contribution in [1.82, 2.24) is 4.68 Å². The van der Waals surface area contributed by atoms with E-state index in [0.29, 0.717) is 0 Å². The number of aromatic nitrogens is 3. The minimum atomic E-state index is -0.545. The molecule has 184 valence electrons. The molecule has 1 spiro atoms. The zero-order valence-electron chi connectivity index (χ0n) is 21.7. The highest BCUT2D eigenvalue weighted by atomic mass is 16.5. The molecule has 6 aromatic rings. The van der Waals surface area contributed by atoms with E-state index >= 15 is 0 Å². The maximum Gasteiger partial charge on any atom is 0.447 e. The topological polar surface area (TPSA) is 21.9 Å². The van der Waals surface area contributed by atoms with Gasteiger partial charge in [-0.25, -0.2) is 0 Å². The molecule has 3 aliphatic heterocycles. The fraction of sp³-hybridized carbons (Fsp3) is 0.0857. The van der Waals surface area contributed by atoms with Gasteiger partial charge >= 0.3 is 5.66 Å². The van der Waals surface area contributed by atoms with Crippen molar-refractivity contribution in [3.63, 3.8) is 0 Å². The standard InChI is InChI=1S/C35H25N3O/c1-22-20-25(24-10-4-3-5-11-24)21-23(2)31(22)26-15-16-30-34-32(26)27-12-6-7-17-36(27)35(34)33-28(13-8-14-29(33)39-30)37-18-9-19-38(35)37/h3-21H,1-2H3/q+2. The summed E-state index contributed by atoms with van der Waals surface area (Å²) in [4.78, 5) is 0. The monoisotopic (exact) mass is 503 g/mol. The van der Waals surface area contributed by atoms with E-state index in [1.165, 1.54) is 55.8 Å². The molecular formula is C35H25N3O+2. The summed E-state index contributed by atoms with van der Waals surface area (Å²) in [5.41, 5.74) is 13.0. The molecule has 1 atom stereocenters. The second-order valence-electron chi connectivity index (χ2n) is 10.8. The lowest BCUT2D eigenvalue weighted by molar-refractivity contribution is -0.988. The molecule has 4 nitrogen and oxygen atoms in total.